The van der Waals surface area contributed by atoms with Crippen LogP contribution in [0.15, 0.2) is 0 Å². The molecule has 0 saturated carbocycles. The average Bonchev–Trinajstić information content (AvgIpc) is 0.737. The second kappa shape index (κ2) is 47.6. The summed E-state index contributed by atoms with van der Waals surface area (Å²) in [5.74, 6) is -16.4. The molecular formula is C73H119NO64. The summed E-state index contributed by atoms with van der Waals surface area (Å²) in [4.78, 5) is 52.1. The second-order valence-electron chi connectivity index (χ2n) is 34.5. The normalized spacial score (nSPS) is 50.0. The van der Waals surface area contributed by atoms with Crippen LogP contribution in [0.5, 0.6) is 0 Å². The third-order valence-corrected chi connectivity index (χ3v) is 25.1. The molecule has 0 unspecified atom stereocenters. The van der Waals surface area contributed by atoms with E-state index in [2.05, 4.69) is 0 Å². The van der Waals surface area contributed by atoms with Crippen molar-refractivity contribution < 1.29 is 318 Å². The number of nitrogens with two attached hydrogens (primary N) is 1. The highest BCUT2D eigenvalue weighted by Gasteiger charge is 2.66. The Kier molecular flexibility index (Phi) is 39.3. The molecule has 65 heteroatoms. The van der Waals surface area contributed by atoms with Gasteiger partial charge in [-0.05, 0) is 0 Å². The highest BCUT2D eigenvalue weighted by Crippen LogP contribution is 2.45. The third-order valence-electron chi connectivity index (χ3n) is 25.1. The van der Waals surface area contributed by atoms with Crippen LogP contribution in [0.2, 0.25) is 0 Å². The number of carboxylic acids is 4. The highest BCUT2D eigenvalue weighted by atomic mass is 16.8. The van der Waals surface area contributed by atoms with Crippen LogP contribution in [0.4, 0.5) is 0 Å². The Bertz CT molecular complexity index is 3850. The number of aliphatic hydroxyl groups is 35. The van der Waals surface area contributed by atoms with Crippen molar-refractivity contribution in [2.24, 2.45) is 5.73 Å². The van der Waals surface area contributed by atoms with Crippen LogP contribution < -0.4 is 5.73 Å². The van der Waals surface area contributed by atoms with E-state index in [1.807, 2.05) is 0 Å². The summed E-state index contributed by atoms with van der Waals surface area (Å²) < 4.78 is 119. The van der Waals surface area contributed by atoms with Crippen LogP contribution in [-0.2, 0) is 119 Å². The van der Waals surface area contributed by atoms with Crippen LogP contribution >= 0.6 is 0 Å². The van der Waals surface area contributed by atoms with E-state index in [-0.39, 0.29) is 0 Å². The smallest absolute Gasteiger partial charge is 0.364 e. The van der Waals surface area contributed by atoms with Crippen LogP contribution in [-0.4, -0.2) is 638 Å². The van der Waals surface area contributed by atoms with Crippen molar-refractivity contribution in [3.63, 3.8) is 0 Å². The summed E-state index contributed by atoms with van der Waals surface area (Å²) in [6.07, 6.45) is -139. The third kappa shape index (κ3) is 23.7. The summed E-state index contributed by atoms with van der Waals surface area (Å²) in [5.41, 5.74) is 6.36. The standard InChI is InChI=1S/C73H119NO64/c74-23-28(91)51(128-65-40(103)30(93)26(89)21(123-65)10-119-62-37(100)29(92)25(88)19(7-79)121-62)20(8-80)122-61(23)131-54-36(99)42(105)67(135-58(54)60(111)112)130-53-43(106)47(17(86)9-118-63-38(101)32(95)34(97)46(125-63)13(82)3-75)126-68(44(53)107)132-55-45(108)69(129-52-18(2-72(117,70(113)114)137-50(52)16(85)6-78)136-73(71(115)116)1-12(81)24(87)48(138-73)14(83)4-76)127-49(15(84)5-77)57(55)134-66-41(104)31(94)27(90)22(124-66)11-120-64-39(102)33(96)35(98)56(133-64)59(109)110/h12-58,61-69,75-108,117H,1-11,74H2,(H,109,110)(H,111,112)(H,113,114)(H,115,116)/t12-,13+,14-,15+,16-,17+,18-,19-,20-,21-,22-,23-,24-,25-,26-,27-,28-,29+,30+,31+,32+,33+,34+,35-,36-,37-,38+,39-,40-,41-,42-,43-,44+,45+,46-,47-,48-,49-,50-,51-,52-,53+,54-,55-,56+,57-,58+,61-,62-,63+,64-,65+,66+,67+,68-,69-,72-,73-/m1/s1. The highest BCUT2D eigenvalue weighted by molar-refractivity contribution is 5.77. The summed E-state index contributed by atoms with van der Waals surface area (Å²) in [7, 11) is 0. The van der Waals surface area contributed by atoms with E-state index in [0.29, 0.717) is 0 Å². The zero-order valence-corrected chi connectivity index (χ0v) is 71.3. The van der Waals surface area contributed by atoms with Gasteiger partial charge in [-0.1, -0.05) is 0 Å². The maximum atomic E-state index is 13.5. The number of aliphatic carboxylic acids is 4. The van der Waals surface area contributed by atoms with E-state index in [4.69, 9.17) is 105 Å². The lowest BCUT2D eigenvalue weighted by Crippen LogP contribution is -2.71. The lowest BCUT2D eigenvalue weighted by atomic mass is 9.89. The molecule has 0 aromatic rings. The molecule has 0 aromatic heterocycles. The van der Waals surface area contributed by atoms with Gasteiger partial charge in [0.05, 0.1) is 77.7 Å². The fourth-order valence-electron chi connectivity index (χ4n) is 17.2. The zero-order valence-electron chi connectivity index (χ0n) is 71.3. The lowest BCUT2D eigenvalue weighted by Gasteiger charge is -2.53. The van der Waals surface area contributed by atoms with Gasteiger partial charge in [0.15, 0.2) is 68.8 Å². The first-order valence-electron chi connectivity index (χ1n) is 42.6. The maximum absolute atomic E-state index is 13.5. The fraction of sp³-hybridized carbons (Fsp3) is 0.945. The average molecular weight is 2030 g/mol. The summed E-state index contributed by atoms with van der Waals surface area (Å²) in [5, 5.41) is 431. The van der Waals surface area contributed by atoms with Gasteiger partial charge in [0.25, 0.3) is 11.6 Å². The number of carboxylic acid groups (broad SMARTS) is 4. The molecule has 11 fully saturated rings. The van der Waals surface area contributed by atoms with Gasteiger partial charge >= 0.3 is 23.9 Å². The van der Waals surface area contributed by atoms with Crippen LogP contribution in [0, 0.1) is 0 Å². The van der Waals surface area contributed by atoms with E-state index in [1.165, 1.54) is 0 Å². The van der Waals surface area contributed by atoms with E-state index in [9.17, 15) is 218 Å². The van der Waals surface area contributed by atoms with Gasteiger partial charge < -0.3 is 304 Å². The van der Waals surface area contributed by atoms with Crippen molar-refractivity contribution >= 4 is 23.9 Å². The minimum Gasteiger partial charge on any atom is -0.479 e. The molecule has 800 valence electrons. The number of hydrogen-bond donors (Lipinski definition) is 40. The molecule has 0 radical (unpaired) electrons. The Morgan fingerprint density at radius 3 is 1.21 bits per heavy atom. The molecular weight excluding hydrogens is 1910 g/mol. The molecule has 138 heavy (non-hydrogen) atoms. The first-order valence-corrected chi connectivity index (χ1v) is 42.6. The van der Waals surface area contributed by atoms with Gasteiger partial charge in [0, 0.05) is 12.8 Å². The quantitative estimate of drug-likeness (QED) is 0.0273. The van der Waals surface area contributed by atoms with Crippen LogP contribution in [0.3, 0.4) is 0 Å². The number of ether oxygens (including phenoxy) is 21. The van der Waals surface area contributed by atoms with E-state index >= 15 is 0 Å². The number of aliphatic hydroxyl groups excluding tert-OH is 34. The fourth-order valence-corrected chi connectivity index (χ4v) is 17.2. The summed E-state index contributed by atoms with van der Waals surface area (Å²) >= 11 is 0. The Morgan fingerprint density at radius 2 is 0.688 bits per heavy atom. The molecule has 0 spiro atoms. The van der Waals surface area contributed by atoms with Gasteiger partial charge in [0.2, 0.25) is 0 Å². The molecule has 11 rings (SSSR count). The Balaban J connectivity index is 0.941. The monoisotopic (exact) mass is 2030 g/mol. The van der Waals surface area contributed by atoms with Crippen molar-refractivity contribution in [1.82, 2.24) is 0 Å². The van der Waals surface area contributed by atoms with E-state index in [0.717, 1.165) is 0 Å². The predicted octanol–water partition coefficient (Wildman–Crippen LogP) is -27.1. The van der Waals surface area contributed by atoms with Crippen molar-refractivity contribution in [2.45, 2.75) is 368 Å². The second-order valence-corrected chi connectivity index (χ2v) is 34.5. The predicted molar refractivity (Wildman–Crippen MR) is 406 cm³/mol. The number of rotatable bonds is 38. The maximum Gasteiger partial charge on any atom is 0.364 e. The van der Waals surface area contributed by atoms with Crippen LogP contribution in [0.25, 0.3) is 0 Å². The van der Waals surface area contributed by atoms with Crippen LogP contribution in [0.1, 0.15) is 12.8 Å². The first kappa shape index (κ1) is 114. The molecule has 41 N–H and O–H groups in total. The molecule has 0 amide bonds. The molecule has 65 nitrogen and oxygen atoms in total. The molecule has 11 aliphatic rings. The molecule has 0 aromatic carbocycles. The minimum atomic E-state index is -3.79. The Hall–Kier alpha value is -4.40. The number of carbonyl (C=O) groups is 4. The lowest BCUT2D eigenvalue weighted by molar-refractivity contribution is -0.417. The van der Waals surface area contributed by atoms with Gasteiger partial charge in [-0.25, -0.2) is 19.2 Å². The molecule has 11 heterocycles. The largest absolute Gasteiger partial charge is 0.479 e. The Labute approximate surface area is 772 Å². The molecule has 11 aliphatic heterocycles. The van der Waals surface area contributed by atoms with Gasteiger partial charge in [-0.2, -0.15) is 0 Å². The molecule has 0 bridgehead atoms. The van der Waals surface area contributed by atoms with Gasteiger partial charge in [-0.3, -0.25) is 0 Å². The van der Waals surface area contributed by atoms with Crippen molar-refractivity contribution in [2.75, 3.05) is 59.5 Å². The SMILES string of the molecule is N[C@H]1[C@@H](O[C@@H]2[C@H](O)[C@@H](O)[C@@H](O[C@@H]3[C@H](O)[C@@H](O[C@@H]4[C@H](O)[C@@H](O[C@H]5[C@@H]([C@H](O)CO)O[C@@](O)(C(=O)O)C[C@H]5O[C@]5(C(=O)O)C[C@@H](O)[C@@H](O)[C@@H]([C@H](O)CO)O5)O[C@H]([C@@H](O)CO)[C@H]4O[C@@H]4O[C@H](CO[C@@H]5O[C@H](C(=O)O)[C@H](O)[C@H](O)[C@H]5O)[C@@H](O)[C@H](O)[C@H]4O)O[C@H]([C@@H](O)CO[C@H]4O[C@H]([C@@H](O)CO)[C@@H](O)[C@H](O)[C@@H]4O)[C@H]3O)O[C@@H]2C(=O)O)O[C@H](CO)[C@@H](O[C@@H]2O[C@H](CO[C@@H]3O[C@H](CO)[C@@H](O)[C@H](O)[C@H]3O)[C@@H](O)[C@H](O)[C@H]2O)[C@@H]1O. The summed E-state index contributed by atoms with van der Waals surface area (Å²) in [6.45, 7) is -11.7. The van der Waals surface area contributed by atoms with E-state index < -0.39 is 451 Å². The van der Waals surface area contributed by atoms with Gasteiger partial charge in [-0.15, -0.1) is 0 Å². The molecule has 11 saturated heterocycles. The van der Waals surface area contributed by atoms with Gasteiger partial charge in [0.1, 0.15) is 256 Å². The molecule has 58 atom stereocenters. The topological polar surface area (TPSA) is 1080 Å². The van der Waals surface area contributed by atoms with Crippen molar-refractivity contribution in [1.29, 1.82) is 0 Å². The zero-order chi connectivity index (χ0) is 102. The van der Waals surface area contributed by atoms with Crippen molar-refractivity contribution in [3.8, 4) is 0 Å². The molecule has 0 aliphatic carbocycles. The first-order chi connectivity index (χ1) is 64.8. The summed E-state index contributed by atoms with van der Waals surface area (Å²) in [6, 6.07) is -2.11. The minimum absolute atomic E-state index is 0.909. The van der Waals surface area contributed by atoms with Crippen molar-refractivity contribution in [3.05, 3.63) is 0 Å². The number of hydrogen-bond acceptors (Lipinski definition) is 61. The van der Waals surface area contributed by atoms with E-state index in [1.54, 1.807) is 0 Å². The Morgan fingerprint density at radius 1 is 0.304 bits per heavy atom.